The molecule has 0 aromatic heterocycles. The van der Waals surface area contributed by atoms with E-state index in [1.165, 1.54) is 6.07 Å². The molecule has 2 heteroatoms. The summed E-state index contributed by atoms with van der Waals surface area (Å²) < 4.78 is 13.1. The Hall–Kier alpha value is -1.83. The molecule has 0 radical (unpaired) electrons. The summed E-state index contributed by atoms with van der Waals surface area (Å²) in [6, 6.07) is 14.6. The molecule has 0 atom stereocenters. The van der Waals surface area contributed by atoms with Crippen LogP contribution < -0.4 is 5.32 Å². The van der Waals surface area contributed by atoms with Crippen LogP contribution in [0, 0.1) is 5.82 Å². The largest absolute Gasteiger partial charge is 0.385 e. The van der Waals surface area contributed by atoms with E-state index >= 15 is 0 Å². The molecule has 0 bridgehead atoms. The third kappa shape index (κ3) is 2.22. The number of para-hydroxylation sites is 1. The fourth-order valence-corrected chi connectivity index (χ4v) is 1.74. The van der Waals surface area contributed by atoms with E-state index in [-0.39, 0.29) is 5.82 Å². The molecule has 0 aliphatic heterocycles. The van der Waals surface area contributed by atoms with Crippen LogP contribution in [0.5, 0.6) is 0 Å². The Kier molecular flexibility index (Phi) is 3.20. The van der Waals surface area contributed by atoms with Crippen LogP contribution in [-0.2, 0) is 0 Å². The van der Waals surface area contributed by atoms with Crippen molar-refractivity contribution < 1.29 is 4.39 Å². The van der Waals surface area contributed by atoms with Crippen molar-refractivity contribution in [3.05, 3.63) is 54.3 Å². The Labute approximate surface area is 94.9 Å². The first-order valence-electron chi connectivity index (χ1n) is 5.40. The van der Waals surface area contributed by atoms with Crippen LogP contribution in [0.2, 0.25) is 0 Å². The molecule has 0 heterocycles. The Morgan fingerprint density at radius 2 is 1.88 bits per heavy atom. The zero-order valence-electron chi connectivity index (χ0n) is 9.20. The number of nitrogens with one attached hydrogen (secondary N) is 1. The zero-order chi connectivity index (χ0) is 11.4. The standard InChI is InChI=1S/C14H14FN/c1-2-16-14-9-4-3-8-13(14)11-6-5-7-12(15)10-11/h3-10,16H,2H2,1H3. The van der Waals surface area contributed by atoms with Gasteiger partial charge in [0, 0.05) is 17.8 Å². The highest BCUT2D eigenvalue weighted by Crippen LogP contribution is 2.27. The van der Waals surface area contributed by atoms with Crippen molar-refractivity contribution in [2.45, 2.75) is 6.92 Å². The smallest absolute Gasteiger partial charge is 0.123 e. The maximum atomic E-state index is 13.1. The average Bonchev–Trinajstić information content (AvgIpc) is 2.30. The summed E-state index contributed by atoms with van der Waals surface area (Å²) in [4.78, 5) is 0. The lowest BCUT2D eigenvalue weighted by Crippen LogP contribution is -1.98. The molecular formula is C14H14FN. The lowest BCUT2D eigenvalue weighted by atomic mass is 10.0. The highest BCUT2D eigenvalue weighted by molar-refractivity contribution is 5.77. The van der Waals surface area contributed by atoms with Gasteiger partial charge in [-0.05, 0) is 30.7 Å². The first-order valence-corrected chi connectivity index (χ1v) is 5.40. The monoisotopic (exact) mass is 215 g/mol. The Morgan fingerprint density at radius 1 is 1.06 bits per heavy atom. The summed E-state index contributed by atoms with van der Waals surface area (Å²) in [5.74, 6) is -0.205. The molecule has 0 aliphatic rings. The van der Waals surface area contributed by atoms with Crippen LogP contribution in [-0.4, -0.2) is 6.54 Å². The Balaban J connectivity index is 2.46. The molecule has 2 aromatic carbocycles. The number of rotatable bonds is 3. The van der Waals surface area contributed by atoms with E-state index in [0.717, 1.165) is 23.4 Å². The highest BCUT2D eigenvalue weighted by atomic mass is 19.1. The number of benzene rings is 2. The minimum absolute atomic E-state index is 0.205. The SMILES string of the molecule is CCNc1ccccc1-c1cccc(F)c1. The quantitative estimate of drug-likeness (QED) is 0.818. The van der Waals surface area contributed by atoms with E-state index in [0.29, 0.717) is 0 Å². The molecule has 0 unspecified atom stereocenters. The molecule has 16 heavy (non-hydrogen) atoms. The van der Waals surface area contributed by atoms with Crippen molar-refractivity contribution in [3.8, 4) is 11.1 Å². The van der Waals surface area contributed by atoms with Gasteiger partial charge in [0.15, 0.2) is 0 Å². The van der Waals surface area contributed by atoms with Gasteiger partial charge >= 0.3 is 0 Å². The maximum absolute atomic E-state index is 13.1. The normalized spacial score (nSPS) is 10.1. The number of hydrogen-bond acceptors (Lipinski definition) is 1. The molecule has 82 valence electrons. The van der Waals surface area contributed by atoms with Gasteiger partial charge in [-0.3, -0.25) is 0 Å². The molecule has 2 rings (SSSR count). The molecule has 0 aliphatic carbocycles. The van der Waals surface area contributed by atoms with E-state index in [4.69, 9.17) is 0 Å². The number of halogens is 1. The molecule has 0 spiro atoms. The van der Waals surface area contributed by atoms with Crippen molar-refractivity contribution in [2.24, 2.45) is 0 Å². The summed E-state index contributed by atoms with van der Waals surface area (Å²) in [5, 5.41) is 3.27. The second-order valence-electron chi connectivity index (χ2n) is 3.59. The summed E-state index contributed by atoms with van der Waals surface area (Å²) in [6.07, 6.45) is 0. The van der Waals surface area contributed by atoms with Gasteiger partial charge in [-0.1, -0.05) is 30.3 Å². The van der Waals surface area contributed by atoms with Crippen LogP contribution >= 0.6 is 0 Å². The van der Waals surface area contributed by atoms with Crippen molar-refractivity contribution in [3.63, 3.8) is 0 Å². The molecule has 0 fully saturated rings. The van der Waals surface area contributed by atoms with E-state index < -0.39 is 0 Å². The van der Waals surface area contributed by atoms with Gasteiger partial charge in [0.2, 0.25) is 0 Å². The van der Waals surface area contributed by atoms with Crippen LogP contribution in [0.4, 0.5) is 10.1 Å². The summed E-state index contributed by atoms with van der Waals surface area (Å²) in [6.45, 7) is 2.90. The summed E-state index contributed by atoms with van der Waals surface area (Å²) in [5.41, 5.74) is 2.97. The second kappa shape index (κ2) is 4.79. The van der Waals surface area contributed by atoms with E-state index in [1.807, 2.05) is 37.3 Å². The highest BCUT2D eigenvalue weighted by Gasteiger charge is 2.03. The van der Waals surface area contributed by atoms with Crippen molar-refractivity contribution >= 4 is 5.69 Å². The van der Waals surface area contributed by atoms with Gasteiger partial charge in [0.25, 0.3) is 0 Å². The predicted molar refractivity (Wildman–Crippen MR) is 66.0 cm³/mol. The lowest BCUT2D eigenvalue weighted by Gasteiger charge is -2.10. The summed E-state index contributed by atoms with van der Waals surface area (Å²) in [7, 11) is 0. The van der Waals surface area contributed by atoms with Crippen LogP contribution in [0.1, 0.15) is 6.92 Å². The predicted octanol–water partition coefficient (Wildman–Crippen LogP) is 3.92. The van der Waals surface area contributed by atoms with E-state index in [1.54, 1.807) is 12.1 Å². The fourth-order valence-electron chi connectivity index (χ4n) is 1.74. The van der Waals surface area contributed by atoms with Gasteiger partial charge in [-0.15, -0.1) is 0 Å². The van der Waals surface area contributed by atoms with Crippen molar-refractivity contribution in [1.82, 2.24) is 0 Å². The molecule has 0 saturated carbocycles. The van der Waals surface area contributed by atoms with Gasteiger partial charge in [-0.25, -0.2) is 4.39 Å². The number of anilines is 1. The zero-order valence-corrected chi connectivity index (χ0v) is 9.20. The van der Waals surface area contributed by atoms with Gasteiger partial charge in [0.05, 0.1) is 0 Å². The molecule has 0 amide bonds. The number of hydrogen-bond donors (Lipinski definition) is 1. The first-order chi connectivity index (χ1) is 7.81. The fraction of sp³-hybridized carbons (Fsp3) is 0.143. The van der Waals surface area contributed by atoms with Crippen LogP contribution in [0.3, 0.4) is 0 Å². The maximum Gasteiger partial charge on any atom is 0.123 e. The topological polar surface area (TPSA) is 12.0 Å². The first kappa shape index (κ1) is 10.7. The molecule has 1 nitrogen and oxygen atoms in total. The van der Waals surface area contributed by atoms with Crippen molar-refractivity contribution in [1.29, 1.82) is 0 Å². The average molecular weight is 215 g/mol. The molecule has 0 saturated heterocycles. The Bertz CT molecular complexity index is 480. The van der Waals surface area contributed by atoms with Crippen molar-refractivity contribution in [2.75, 3.05) is 11.9 Å². The van der Waals surface area contributed by atoms with Gasteiger partial charge in [-0.2, -0.15) is 0 Å². The Morgan fingerprint density at radius 3 is 2.62 bits per heavy atom. The minimum atomic E-state index is -0.205. The van der Waals surface area contributed by atoms with Gasteiger partial charge < -0.3 is 5.32 Å². The molecule has 1 N–H and O–H groups in total. The second-order valence-corrected chi connectivity index (χ2v) is 3.59. The third-order valence-electron chi connectivity index (χ3n) is 2.43. The van der Waals surface area contributed by atoms with Gasteiger partial charge in [0.1, 0.15) is 5.82 Å². The minimum Gasteiger partial charge on any atom is -0.385 e. The molecule has 2 aromatic rings. The van der Waals surface area contributed by atoms with Crippen LogP contribution in [0.15, 0.2) is 48.5 Å². The third-order valence-corrected chi connectivity index (χ3v) is 2.43. The molecular weight excluding hydrogens is 201 g/mol. The lowest BCUT2D eigenvalue weighted by molar-refractivity contribution is 0.628. The van der Waals surface area contributed by atoms with E-state index in [9.17, 15) is 4.39 Å². The van der Waals surface area contributed by atoms with Crippen LogP contribution in [0.25, 0.3) is 11.1 Å². The summed E-state index contributed by atoms with van der Waals surface area (Å²) >= 11 is 0. The van der Waals surface area contributed by atoms with E-state index in [2.05, 4.69) is 5.32 Å².